The second-order valence-electron chi connectivity index (χ2n) is 3.88. The van der Waals surface area contributed by atoms with Crippen LogP contribution in [0.1, 0.15) is 18.4 Å². The Morgan fingerprint density at radius 1 is 1.33 bits per heavy atom. The first-order valence-electron chi connectivity index (χ1n) is 5.45. The highest BCUT2D eigenvalue weighted by Crippen LogP contribution is 2.07. The van der Waals surface area contributed by atoms with Crippen LogP contribution >= 0.6 is 0 Å². The zero-order valence-corrected chi connectivity index (χ0v) is 8.82. The van der Waals surface area contributed by atoms with E-state index < -0.39 is 0 Å². The van der Waals surface area contributed by atoms with Gasteiger partial charge in [0.1, 0.15) is 5.84 Å². The molecular formula is C12H17N3. The Kier molecular flexibility index (Phi) is 3.35. The molecule has 0 aromatic heterocycles. The largest absolute Gasteiger partial charge is 0.383 e. The SMILES string of the molecule is NC(=NC1CCCNC1)c1ccccc1. The minimum absolute atomic E-state index is 0.346. The van der Waals surface area contributed by atoms with Crippen LogP contribution in [0.3, 0.4) is 0 Å². The monoisotopic (exact) mass is 203 g/mol. The van der Waals surface area contributed by atoms with E-state index in [1.807, 2.05) is 30.3 Å². The van der Waals surface area contributed by atoms with Crippen molar-refractivity contribution in [2.75, 3.05) is 13.1 Å². The molecule has 15 heavy (non-hydrogen) atoms. The Labute approximate surface area is 90.4 Å². The number of aliphatic imine (C=N–C) groups is 1. The third kappa shape index (κ3) is 2.80. The van der Waals surface area contributed by atoms with E-state index in [2.05, 4.69) is 10.3 Å². The quantitative estimate of drug-likeness (QED) is 0.559. The van der Waals surface area contributed by atoms with E-state index in [4.69, 9.17) is 5.73 Å². The fourth-order valence-electron chi connectivity index (χ4n) is 1.82. The molecule has 3 heteroatoms. The van der Waals surface area contributed by atoms with Gasteiger partial charge in [0, 0.05) is 12.1 Å². The summed E-state index contributed by atoms with van der Waals surface area (Å²) in [5.74, 6) is 0.657. The number of amidine groups is 1. The van der Waals surface area contributed by atoms with Crippen LogP contribution < -0.4 is 11.1 Å². The van der Waals surface area contributed by atoms with E-state index in [9.17, 15) is 0 Å². The van der Waals surface area contributed by atoms with E-state index in [-0.39, 0.29) is 0 Å². The molecule has 1 atom stereocenters. The Bertz CT molecular complexity index is 326. The molecule has 0 amide bonds. The van der Waals surface area contributed by atoms with Crippen LogP contribution in [0.2, 0.25) is 0 Å². The van der Waals surface area contributed by atoms with E-state index >= 15 is 0 Å². The van der Waals surface area contributed by atoms with Crippen LogP contribution in [-0.4, -0.2) is 25.0 Å². The highest BCUT2D eigenvalue weighted by molar-refractivity contribution is 5.97. The average molecular weight is 203 g/mol. The summed E-state index contributed by atoms with van der Waals surface area (Å²) in [6, 6.07) is 10.3. The molecule has 0 bridgehead atoms. The molecule has 1 saturated heterocycles. The molecule has 0 radical (unpaired) electrons. The minimum atomic E-state index is 0.346. The number of rotatable bonds is 2. The van der Waals surface area contributed by atoms with Crippen molar-refractivity contribution >= 4 is 5.84 Å². The van der Waals surface area contributed by atoms with Gasteiger partial charge in [-0.2, -0.15) is 0 Å². The van der Waals surface area contributed by atoms with E-state index in [1.165, 1.54) is 6.42 Å². The van der Waals surface area contributed by atoms with Crippen LogP contribution in [0.15, 0.2) is 35.3 Å². The first-order valence-corrected chi connectivity index (χ1v) is 5.45. The molecule has 0 saturated carbocycles. The fraction of sp³-hybridized carbons (Fsp3) is 0.417. The van der Waals surface area contributed by atoms with Crippen LogP contribution in [0.5, 0.6) is 0 Å². The summed E-state index contributed by atoms with van der Waals surface area (Å²) in [6.45, 7) is 2.06. The van der Waals surface area contributed by atoms with Gasteiger partial charge in [0.05, 0.1) is 6.04 Å². The maximum atomic E-state index is 5.95. The number of hydrogen-bond acceptors (Lipinski definition) is 2. The first kappa shape index (κ1) is 10.2. The smallest absolute Gasteiger partial charge is 0.125 e. The van der Waals surface area contributed by atoms with Crippen molar-refractivity contribution in [1.29, 1.82) is 0 Å². The first-order chi connectivity index (χ1) is 7.36. The van der Waals surface area contributed by atoms with Crippen LogP contribution in [0, 0.1) is 0 Å². The lowest BCUT2D eigenvalue weighted by Gasteiger charge is -2.19. The number of piperidine rings is 1. The fourth-order valence-corrected chi connectivity index (χ4v) is 1.82. The lowest BCUT2D eigenvalue weighted by molar-refractivity contribution is 0.461. The van der Waals surface area contributed by atoms with Crippen LogP contribution in [-0.2, 0) is 0 Å². The number of nitrogens with one attached hydrogen (secondary N) is 1. The minimum Gasteiger partial charge on any atom is -0.383 e. The summed E-state index contributed by atoms with van der Waals surface area (Å²) < 4.78 is 0. The van der Waals surface area contributed by atoms with Crippen molar-refractivity contribution in [3.05, 3.63) is 35.9 Å². The van der Waals surface area contributed by atoms with Crippen LogP contribution in [0.25, 0.3) is 0 Å². The third-order valence-electron chi connectivity index (χ3n) is 2.66. The van der Waals surface area contributed by atoms with Gasteiger partial charge in [0.25, 0.3) is 0 Å². The maximum absolute atomic E-state index is 5.95. The molecule has 1 heterocycles. The molecule has 1 aromatic carbocycles. The molecule has 0 aliphatic carbocycles. The van der Waals surface area contributed by atoms with Crippen molar-refractivity contribution in [2.45, 2.75) is 18.9 Å². The maximum Gasteiger partial charge on any atom is 0.125 e. The molecule has 1 unspecified atom stereocenters. The molecule has 1 aliphatic heterocycles. The third-order valence-corrected chi connectivity index (χ3v) is 2.66. The number of hydrogen-bond donors (Lipinski definition) is 2. The van der Waals surface area contributed by atoms with Crippen molar-refractivity contribution in [3.8, 4) is 0 Å². The predicted octanol–water partition coefficient (Wildman–Crippen LogP) is 1.14. The van der Waals surface area contributed by atoms with Crippen molar-refractivity contribution in [3.63, 3.8) is 0 Å². The van der Waals surface area contributed by atoms with E-state index in [1.54, 1.807) is 0 Å². The van der Waals surface area contributed by atoms with Gasteiger partial charge in [-0.25, -0.2) is 0 Å². The average Bonchev–Trinajstić information content (AvgIpc) is 2.31. The molecule has 1 aromatic rings. The van der Waals surface area contributed by atoms with Crippen molar-refractivity contribution in [1.82, 2.24) is 5.32 Å². The van der Waals surface area contributed by atoms with Gasteiger partial charge in [0.15, 0.2) is 0 Å². The summed E-state index contributed by atoms with van der Waals surface area (Å²) in [5, 5.41) is 3.33. The molecule has 2 rings (SSSR count). The molecule has 3 N–H and O–H groups in total. The van der Waals surface area contributed by atoms with Gasteiger partial charge in [-0.3, -0.25) is 4.99 Å². The van der Waals surface area contributed by atoms with Crippen molar-refractivity contribution < 1.29 is 0 Å². The van der Waals surface area contributed by atoms with Crippen LogP contribution in [0.4, 0.5) is 0 Å². The standard InChI is InChI=1S/C12H17N3/c13-12(10-5-2-1-3-6-10)15-11-7-4-8-14-9-11/h1-3,5-6,11,14H,4,7-9H2,(H2,13,15). The van der Waals surface area contributed by atoms with Gasteiger partial charge in [0.2, 0.25) is 0 Å². The lowest BCUT2D eigenvalue weighted by Crippen LogP contribution is -2.34. The summed E-state index contributed by atoms with van der Waals surface area (Å²) in [6.07, 6.45) is 2.33. The Morgan fingerprint density at radius 2 is 2.13 bits per heavy atom. The predicted molar refractivity (Wildman–Crippen MR) is 63.1 cm³/mol. The highest BCUT2D eigenvalue weighted by Gasteiger charge is 2.11. The normalized spacial score (nSPS) is 22.7. The van der Waals surface area contributed by atoms with Crippen molar-refractivity contribution in [2.24, 2.45) is 10.7 Å². The Balaban J connectivity index is 2.06. The zero-order chi connectivity index (χ0) is 10.5. The van der Waals surface area contributed by atoms with E-state index in [0.29, 0.717) is 11.9 Å². The molecule has 80 valence electrons. The summed E-state index contributed by atoms with van der Waals surface area (Å²) in [5.41, 5.74) is 6.96. The van der Waals surface area contributed by atoms with Gasteiger partial charge < -0.3 is 11.1 Å². The lowest BCUT2D eigenvalue weighted by atomic mass is 10.1. The summed E-state index contributed by atoms with van der Waals surface area (Å²) >= 11 is 0. The topological polar surface area (TPSA) is 50.4 Å². The number of nitrogens with zero attached hydrogens (tertiary/aromatic N) is 1. The number of benzene rings is 1. The summed E-state index contributed by atoms with van der Waals surface area (Å²) in [7, 11) is 0. The van der Waals surface area contributed by atoms with Gasteiger partial charge in [-0.05, 0) is 19.4 Å². The Hall–Kier alpha value is -1.35. The Morgan fingerprint density at radius 3 is 2.80 bits per heavy atom. The van der Waals surface area contributed by atoms with Gasteiger partial charge in [-0.15, -0.1) is 0 Å². The molecule has 1 fully saturated rings. The molecule has 0 spiro atoms. The molecule has 3 nitrogen and oxygen atoms in total. The second kappa shape index (κ2) is 4.94. The van der Waals surface area contributed by atoms with Gasteiger partial charge in [-0.1, -0.05) is 30.3 Å². The highest BCUT2D eigenvalue weighted by atomic mass is 15.0. The van der Waals surface area contributed by atoms with Gasteiger partial charge >= 0.3 is 0 Å². The second-order valence-corrected chi connectivity index (χ2v) is 3.88. The summed E-state index contributed by atoms with van der Waals surface area (Å²) in [4.78, 5) is 4.54. The zero-order valence-electron chi connectivity index (χ0n) is 8.82. The van der Waals surface area contributed by atoms with E-state index in [0.717, 1.165) is 25.1 Å². The molecule has 1 aliphatic rings. The molecular weight excluding hydrogens is 186 g/mol. The number of nitrogens with two attached hydrogens (primary N) is 1.